The molecule has 0 aromatic heterocycles. The smallest absolute Gasteiger partial charge is 0.0615 e. The number of nitrogens with zero attached hydrogens (tertiary/aromatic N) is 1. The summed E-state index contributed by atoms with van der Waals surface area (Å²) < 4.78 is 5.24. The SMILES string of the molecule is COCC(C)N1CCCC2CNCC21. The van der Waals surface area contributed by atoms with Crippen molar-refractivity contribution in [3.63, 3.8) is 0 Å². The lowest BCUT2D eigenvalue weighted by Gasteiger charge is -2.40. The predicted molar refractivity (Wildman–Crippen MR) is 57.4 cm³/mol. The lowest BCUT2D eigenvalue weighted by Crippen LogP contribution is -2.50. The highest BCUT2D eigenvalue weighted by Crippen LogP contribution is 2.27. The molecule has 2 aliphatic rings. The molecule has 2 fully saturated rings. The molecular weight excluding hydrogens is 176 g/mol. The first-order valence-electron chi connectivity index (χ1n) is 5.78. The van der Waals surface area contributed by atoms with E-state index in [0.29, 0.717) is 6.04 Å². The van der Waals surface area contributed by atoms with Crippen LogP contribution >= 0.6 is 0 Å². The van der Waals surface area contributed by atoms with E-state index in [9.17, 15) is 0 Å². The molecule has 0 aliphatic carbocycles. The second-order valence-electron chi connectivity index (χ2n) is 4.67. The van der Waals surface area contributed by atoms with Crippen LogP contribution in [0.25, 0.3) is 0 Å². The number of methoxy groups -OCH3 is 1. The summed E-state index contributed by atoms with van der Waals surface area (Å²) in [5, 5.41) is 3.51. The Morgan fingerprint density at radius 2 is 2.36 bits per heavy atom. The highest BCUT2D eigenvalue weighted by molar-refractivity contribution is 4.93. The second kappa shape index (κ2) is 4.60. The maximum absolute atomic E-state index is 5.24. The fourth-order valence-electron chi connectivity index (χ4n) is 2.99. The van der Waals surface area contributed by atoms with Gasteiger partial charge in [0, 0.05) is 25.7 Å². The second-order valence-corrected chi connectivity index (χ2v) is 4.67. The molecule has 0 saturated carbocycles. The van der Waals surface area contributed by atoms with Crippen LogP contribution in [0.2, 0.25) is 0 Å². The van der Waals surface area contributed by atoms with Gasteiger partial charge in [0.15, 0.2) is 0 Å². The number of hydrogen-bond donors (Lipinski definition) is 1. The minimum absolute atomic E-state index is 0.577. The standard InChI is InChI=1S/C11H22N2O/c1-9(8-14-2)13-5-3-4-10-6-12-7-11(10)13/h9-12H,3-8H2,1-2H3. The van der Waals surface area contributed by atoms with Crippen molar-refractivity contribution in [2.24, 2.45) is 5.92 Å². The van der Waals surface area contributed by atoms with Gasteiger partial charge in [-0.2, -0.15) is 0 Å². The van der Waals surface area contributed by atoms with Gasteiger partial charge < -0.3 is 10.1 Å². The molecule has 0 aromatic rings. The zero-order chi connectivity index (χ0) is 9.97. The van der Waals surface area contributed by atoms with Gasteiger partial charge in [-0.1, -0.05) is 0 Å². The van der Waals surface area contributed by atoms with Crippen molar-refractivity contribution in [3.8, 4) is 0 Å². The third-order valence-electron chi connectivity index (χ3n) is 3.70. The molecule has 2 saturated heterocycles. The number of ether oxygens (including phenoxy) is 1. The predicted octanol–water partition coefficient (Wildman–Crippen LogP) is 0.705. The molecule has 82 valence electrons. The van der Waals surface area contributed by atoms with Gasteiger partial charge in [-0.05, 0) is 38.8 Å². The highest BCUT2D eigenvalue weighted by atomic mass is 16.5. The number of fused-ring (bicyclic) bond motifs is 1. The molecule has 0 spiro atoms. The number of rotatable bonds is 3. The van der Waals surface area contributed by atoms with E-state index in [1.807, 2.05) is 0 Å². The normalized spacial score (nSPS) is 35.6. The molecule has 3 nitrogen and oxygen atoms in total. The quantitative estimate of drug-likeness (QED) is 0.722. The van der Waals surface area contributed by atoms with Crippen molar-refractivity contribution in [2.45, 2.75) is 31.8 Å². The largest absolute Gasteiger partial charge is 0.383 e. The van der Waals surface area contributed by atoms with Crippen LogP contribution in [0.15, 0.2) is 0 Å². The van der Waals surface area contributed by atoms with Crippen LogP contribution in [-0.4, -0.2) is 50.3 Å². The van der Waals surface area contributed by atoms with E-state index in [4.69, 9.17) is 4.74 Å². The highest BCUT2D eigenvalue weighted by Gasteiger charge is 2.36. The van der Waals surface area contributed by atoms with Gasteiger partial charge in [0.25, 0.3) is 0 Å². The molecule has 14 heavy (non-hydrogen) atoms. The molecule has 0 bridgehead atoms. The van der Waals surface area contributed by atoms with Gasteiger partial charge in [-0.15, -0.1) is 0 Å². The van der Waals surface area contributed by atoms with Crippen molar-refractivity contribution in [2.75, 3.05) is 33.4 Å². The zero-order valence-electron chi connectivity index (χ0n) is 9.33. The molecule has 3 heteroatoms. The van der Waals surface area contributed by atoms with Gasteiger partial charge in [0.1, 0.15) is 0 Å². The Labute approximate surface area is 86.8 Å². The van der Waals surface area contributed by atoms with Gasteiger partial charge >= 0.3 is 0 Å². The Balaban J connectivity index is 1.95. The number of nitrogens with one attached hydrogen (secondary N) is 1. The summed E-state index contributed by atoms with van der Waals surface area (Å²) in [5.74, 6) is 0.892. The van der Waals surface area contributed by atoms with Crippen LogP contribution in [-0.2, 0) is 4.74 Å². The molecule has 3 atom stereocenters. The van der Waals surface area contributed by atoms with E-state index in [2.05, 4.69) is 17.1 Å². The summed E-state index contributed by atoms with van der Waals surface area (Å²) in [6, 6.07) is 1.35. The Hall–Kier alpha value is -0.120. The van der Waals surface area contributed by atoms with E-state index in [-0.39, 0.29) is 0 Å². The minimum Gasteiger partial charge on any atom is -0.383 e. The van der Waals surface area contributed by atoms with Crippen LogP contribution in [0.3, 0.4) is 0 Å². The van der Waals surface area contributed by atoms with Gasteiger partial charge in [0.05, 0.1) is 6.61 Å². The summed E-state index contributed by atoms with van der Waals surface area (Å²) in [6.07, 6.45) is 2.77. The van der Waals surface area contributed by atoms with Gasteiger partial charge in [-0.25, -0.2) is 0 Å². The minimum atomic E-state index is 0.577. The first-order chi connectivity index (χ1) is 6.83. The molecule has 2 rings (SSSR count). The summed E-state index contributed by atoms with van der Waals surface area (Å²) >= 11 is 0. The van der Waals surface area contributed by atoms with E-state index in [1.165, 1.54) is 32.5 Å². The fraction of sp³-hybridized carbons (Fsp3) is 1.00. The number of piperidine rings is 1. The molecule has 0 amide bonds. The Bertz CT molecular complexity index is 186. The average molecular weight is 198 g/mol. The lowest BCUT2D eigenvalue weighted by atomic mass is 9.91. The van der Waals surface area contributed by atoms with Gasteiger partial charge in [-0.3, -0.25) is 4.90 Å². The maximum atomic E-state index is 5.24. The van der Waals surface area contributed by atoms with Crippen molar-refractivity contribution in [1.29, 1.82) is 0 Å². The van der Waals surface area contributed by atoms with E-state index in [0.717, 1.165) is 18.6 Å². The molecule has 0 radical (unpaired) electrons. The van der Waals surface area contributed by atoms with Crippen molar-refractivity contribution < 1.29 is 4.74 Å². The molecular formula is C11H22N2O. The van der Waals surface area contributed by atoms with Crippen molar-refractivity contribution in [1.82, 2.24) is 10.2 Å². The third-order valence-corrected chi connectivity index (χ3v) is 3.70. The Morgan fingerprint density at radius 3 is 3.14 bits per heavy atom. The summed E-state index contributed by atoms with van der Waals surface area (Å²) in [7, 11) is 1.80. The van der Waals surface area contributed by atoms with Gasteiger partial charge in [0.2, 0.25) is 0 Å². The summed E-state index contributed by atoms with van der Waals surface area (Å²) in [5.41, 5.74) is 0. The van der Waals surface area contributed by atoms with Crippen molar-refractivity contribution >= 4 is 0 Å². The van der Waals surface area contributed by atoms with Crippen LogP contribution < -0.4 is 5.32 Å². The van der Waals surface area contributed by atoms with Crippen molar-refractivity contribution in [3.05, 3.63) is 0 Å². The molecule has 2 heterocycles. The fourth-order valence-corrected chi connectivity index (χ4v) is 2.99. The molecule has 0 aromatic carbocycles. The number of hydrogen-bond acceptors (Lipinski definition) is 3. The van der Waals surface area contributed by atoms with E-state index < -0.39 is 0 Å². The average Bonchev–Trinajstić information content (AvgIpc) is 2.65. The van der Waals surface area contributed by atoms with Crippen LogP contribution in [0.4, 0.5) is 0 Å². The summed E-state index contributed by atoms with van der Waals surface area (Å²) in [4.78, 5) is 2.64. The third kappa shape index (κ3) is 1.95. The molecule has 1 N–H and O–H groups in total. The van der Waals surface area contributed by atoms with E-state index in [1.54, 1.807) is 7.11 Å². The first kappa shape index (κ1) is 10.4. The lowest BCUT2D eigenvalue weighted by molar-refractivity contribution is 0.0388. The zero-order valence-corrected chi connectivity index (χ0v) is 9.33. The molecule has 2 aliphatic heterocycles. The first-order valence-corrected chi connectivity index (χ1v) is 5.78. The van der Waals surface area contributed by atoms with E-state index >= 15 is 0 Å². The van der Waals surface area contributed by atoms with Crippen LogP contribution in [0.5, 0.6) is 0 Å². The monoisotopic (exact) mass is 198 g/mol. The maximum Gasteiger partial charge on any atom is 0.0615 e. The number of likely N-dealkylation sites (tertiary alicyclic amines) is 1. The topological polar surface area (TPSA) is 24.5 Å². The van der Waals surface area contributed by atoms with Crippen LogP contribution in [0.1, 0.15) is 19.8 Å². The van der Waals surface area contributed by atoms with Crippen LogP contribution in [0, 0.1) is 5.92 Å². The Morgan fingerprint density at radius 1 is 1.50 bits per heavy atom. The molecule has 3 unspecified atom stereocenters. The Kier molecular flexibility index (Phi) is 3.42. The summed E-state index contributed by atoms with van der Waals surface area (Å²) in [6.45, 7) is 6.81.